The average molecular weight is 212 g/mol. The van der Waals surface area contributed by atoms with E-state index in [4.69, 9.17) is 0 Å². The molecular formula is C14H16N2. The normalized spacial score (nSPS) is 20.7. The van der Waals surface area contributed by atoms with Gasteiger partial charge in [0.25, 0.3) is 0 Å². The molecule has 0 spiro atoms. The van der Waals surface area contributed by atoms with Gasteiger partial charge in [-0.1, -0.05) is 30.3 Å². The number of fused-ring (bicyclic) bond motifs is 1. The summed E-state index contributed by atoms with van der Waals surface area (Å²) >= 11 is 0. The first kappa shape index (κ1) is 9.67. The van der Waals surface area contributed by atoms with Crippen LogP contribution < -0.4 is 0 Å². The van der Waals surface area contributed by atoms with Gasteiger partial charge in [-0.05, 0) is 24.7 Å². The molecule has 0 aliphatic carbocycles. The van der Waals surface area contributed by atoms with Crippen LogP contribution in [0.1, 0.15) is 17.3 Å². The lowest BCUT2D eigenvalue weighted by Gasteiger charge is -2.34. The Morgan fingerprint density at radius 1 is 1.00 bits per heavy atom. The van der Waals surface area contributed by atoms with Crippen molar-refractivity contribution >= 4 is 0 Å². The Balaban J connectivity index is 2.08. The van der Waals surface area contributed by atoms with Gasteiger partial charge in [0.05, 0.1) is 6.04 Å². The van der Waals surface area contributed by atoms with E-state index in [-0.39, 0.29) is 0 Å². The highest BCUT2D eigenvalue weighted by Gasteiger charge is 2.25. The second kappa shape index (κ2) is 3.80. The third-order valence-corrected chi connectivity index (χ3v) is 3.39. The molecule has 0 fully saturated rings. The number of hydrogen-bond donors (Lipinski definition) is 0. The van der Waals surface area contributed by atoms with E-state index in [0.29, 0.717) is 6.04 Å². The van der Waals surface area contributed by atoms with E-state index < -0.39 is 0 Å². The molecule has 1 aromatic heterocycles. The third kappa shape index (κ3) is 1.46. The van der Waals surface area contributed by atoms with Crippen LogP contribution in [0.5, 0.6) is 0 Å². The van der Waals surface area contributed by atoms with Gasteiger partial charge in [-0.3, -0.25) is 4.90 Å². The molecule has 0 bridgehead atoms. The van der Waals surface area contributed by atoms with Gasteiger partial charge < -0.3 is 4.57 Å². The summed E-state index contributed by atoms with van der Waals surface area (Å²) in [6.07, 6.45) is 2.18. The van der Waals surface area contributed by atoms with Crippen molar-refractivity contribution in [2.75, 3.05) is 13.6 Å². The first-order valence-corrected chi connectivity index (χ1v) is 5.76. The molecular weight excluding hydrogens is 196 g/mol. The van der Waals surface area contributed by atoms with Crippen molar-refractivity contribution in [1.29, 1.82) is 0 Å². The lowest BCUT2D eigenvalue weighted by atomic mass is 10.0. The summed E-state index contributed by atoms with van der Waals surface area (Å²) in [4.78, 5) is 2.42. The van der Waals surface area contributed by atoms with E-state index in [1.807, 2.05) is 0 Å². The van der Waals surface area contributed by atoms with Crippen molar-refractivity contribution in [3.8, 4) is 0 Å². The average Bonchev–Trinajstić information content (AvgIpc) is 2.78. The van der Waals surface area contributed by atoms with Crippen LogP contribution in [0.25, 0.3) is 0 Å². The maximum Gasteiger partial charge on any atom is 0.0754 e. The van der Waals surface area contributed by atoms with Crippen LogP contribution in [-0.4, -0.2) is 23.1 Å². The summed E-state index contributed by atoms with van der Waals surface area (Å²) in [5, 5.41) is 0. The fraction of sp³-hybridized carbons (Fsp3) is 0.286. The van der Waals surface area contributed by atoms with Crippen LogP contribution in [0.3, 0.4) is 0 Å². The van der Waals surface area contributed by atoms with E-state index in [0.717, 1.165) is 13.1 Å². The molecule has 16 heavy (non-hydrogen) atoms. The van der Waals surface area contributed by atoms with Crippen molar-refractivity contribution < 1.29 is 0 Å². The van der Waals surface area contributed by atoms with Crippen LogP contribution in [0.2, 0.25) is 0 Å². The van der Waals surface area contributed by atoms with Crippen molar-refractivity contribution in [3.05, 3.63) is 59.9 Å². The number of rotatable bonds is 1. The first-order valence-electron chi connectivity index (χ1n) is 5.76. The van der Waals surface area contributed by atoms with Crippen LogP contribution in [0.4, 0.5) is 0 Å². The molecule has 1 atom stereocenters. The molecule has 0 N–H and O–H groups in total. The van der Waals surface area contributed by atoms with Crippen molar-refractivity contribution in [3.63, 3.8) is 0 Å². The van der Waals surface area contributed by atoms with Crippen molar-refractivity contribution in [2.45, 2.75) is 12.6 Å². The summed E-state index contributed by atoms with van der Waals surface area (Å²) < 4.78 is 2.36. The van der Waals surface area contributed by atoms with Gasteiger partial charge in [0.1, 0.15) is 0 Å². The molecule has 1 aliphatic rings. The maximum atomic E-state index is 2.42. The molecule has 2 nitrogen and oxygen atoms in total. The molecule has 1 aromatic carbocycles. The van der Waals surface area contributed by atoms with E-state index >= 15 is 0 Å². The van der Waals surface area contributed by atoms with Gasteiger partial charge in [-0.2, -0.15) is 0 Å². The Kier molecular flexibility index (Phi) is 2.29. The predicted octanol–water partition coefficient (Wildman–Crippen LogP) is 2.52. The third-order valence-electron chi connectivity index (χ3n) is 3.39. The smallest absolute Gasteiger partial charge is 0.0754 e. The monoisotopic (exact) mass is 212 g/mol. The lowest BCUT2D eigenvalue weighted by Crippen LogP contribution is -2.35. The minimum absolute atomic E-state index is 0.407. The fourth-order valence-electron chi connectivity index (χ4n) is 2.56. The molecule has 0 radical (unpaired) electrons. The number of nitrogens with zero attached hydrogens (tertiary/aromatic N) is 2. The molecule has 82 valence electrons. The largest absolute Gasteiger partial charge is 0.348 e. The minimum Gasteiger partial charge on any atom is -0.348 e. The summed E-state index contributed by atoms with van der Waals surface area (Å²) in [5.41, 5.74) is 2.78. The van der Waals surface area contributed by atoms with Gasteiger partial charge in [-0.25, -0.2) is 0 Å². The van der Waals surface area contributed by atoms with Gasteiger partial charge >= 0.3 is 0 Å². The van der Waals surface area contributed by atoms with Crippen LogP contribution in [0, 0.1) is 0 Å². The summed E-state index contributed by atoms with van der Waals surface area (Å²) in [5.74, 6) is 0. The van der Waals surface area contributed by atoms with Crippen molar-refractivity contribution in [2.24, 2.45) is 0 Å². The van der Waals surface area contributed by atoms with Crippen LogP contribution in [-0.2, 0) is 6.54 Å². The topological polar surface area (TPSA) is 8.17 Å². The molecule has 2 heteroatoms. The van der Waals surface area contributed by atoms with Gasteiger partial charge in [-0.15, -0.1) is 0 Å². The Labute approximate surface area is 96.1 Å². The summed E-state index contributed by atoms with van der Waals surface area (Å²) in [6.45, 7) is 2.21. The Bertz CT molecular complexity index is 472. The minimum atomic E-state index is 0.407. The molecule has 0 amide bonds. The molecule has 3 rings (SSSR count). The Hall–Kier alpha value is -1.54. The molecule has 2 aromatic rings. The highest BCUT2D eigenvalue weighted by molar-refractivity contribution is 5.29. The summed E-state index contributed by atoms with van der Waals surface area (Å²) in [6, 6.07) is 15.5. The predicted molar refractivity (Wildman–Crippen MR) is 65.3 cm³/mol. The number of aromatic nitrogens is 1. The number of benzene rings is 1. The second-order valence-electron chi connectivity index (χ2n) is 4.42. The molecule has 0 unspecified atom stereocenters. The lowest BCUT2D eigenvalue weighted by molar-refractivity contribution is 0.227. The fourth-order valence-corrected chi connectivity index (χ4v) is 2.56. The molecule has 0 saturated carbocycles. The SMILES string of the molecule is CN1CCn2cccc2[C@H]1c1ccccc1. The number of hydrogen-bond acceptors (Lipinski definition) is 1. The second-order valence-corrected chi connectivity index (χ2v) is 4.42. The van der Waals surface area contributed by atoms with E-state index in [1.54, 1.807) is 0 Å². The quantitative estimate of drug-likeness (QED) is 0.705. The van der Waals surface area contributed by atoms with E-state index in [1.165, 1.54) is 11.3 Å². The van der Waals surface area contributed by atoms with Crippen molar-refractivity contribution in [1.82, 2.24) is 9.47 Å². The van der Waals surface area contributed by atoms with Gasteiger partial charge in [0.15, 0.2) is 0 Å². The zero-order valence-electron chi connectivity index (χ0n) is 9.50. The Morgan fingerprint density at radius 3 is 2.62 bits per heavy atom. The van der Waals surface area contributed by atoms with Gasteiger partial charge in [0, 0.05) is 25.0 Å². The first-order chi connectivity index (χ1) is 7.86. The highest BCUT2D eigenvalue weighted by atomic mass is 15.2. The number of likely N-dealkylation sites (N-methyl/N-ethyl adjacent to an activating group) is 1. The molecule has 1 aliphatic heterocycles. The van der Waals surface area contributed by atoms with E-state index in [2.05, 4.69) is 65.2 Å². The standard InChI is InChI=1S/C14H16N2/c1-15-10-11-16-9-5-8-13(16)14(15)12-6-3-2-4-7-12/h2-9,14H,10-11H2,1H3/t14-/m1/s1. The zero-order chi connectivity index (χ0) is 11.0. The van der Waals surface area contributed by atoms with Crippen LogP contribution in [0.15, 0.2) is 48.7 Å². The Morgan fingerprint density at radius 2 is 1.81 bits per heavy atom. The molecule has 0 saturated heterocycles. The zero-order valence-corrected chi connectivity index (χ0v) is 9.50. The maximum absolute atomic E-state index is 2.42. The molecule has 2 heterocycles. The van der Waals surface area contributed by atoms with Gasteiger partial charge in [0.2, 0.25) is 0 Å². The van der Waals surface area contributed by atoms with E-state index in [9.17, 15) is 0 Å². The summed E-state index contributed by atoms with van der Waals surface area (Å²) in [7, 11) is 2.20. The van der Waals surface area contributed by atoms with Crippen LogP contribution >= 0.6 is 0 Å². The highest BCUT2D eigenvalue weighted by Crippen LogP contribution is 2.30.